The number of thiophene rings is 1. The first-order valence-electron chi connectivity index (χ1n) is 6.79. The van der Waals surface area contributed by atoms with Crippen LogP contribution in [0.25, 0.3) is 0 Å². The standard InChI is InChI=1S/C14H24N2S2/c1-4-13-10-16(5-6-17-13)9-12-7-14(8-15-3)18-11(12)2/h7,13,15H,4-6,8-10H2,1-3H3. The van der Waals surface area contributed by atoms with Crippen LogP contribution in [0.1, 0.15) is 28.7 Å². The molecule has 1 aromatic heterocycles. The van der Waals surface area contributed by atoms with E-state index < -0.39 is 0 Å². The average molecular weight is 284 g/mol. The van der Waals surface area contributed by atoms with Gasteiger partial charge in [0.15, 0.2) is 0 Å². The molecule has 1 saturated heterocycles. The smallest absolute Gasteiger partial charge is 0.0296 e. The first-order chi connectivity index (χ1) is 8.72. The van der Waals surface area contributed by atoms with Crippen molar-refractivity contribution in [3.05, 3.63) is 21.4 Å². The highest BCUT2D eigenvalue weighted by Gasteiger charge is 2.19. The topological polar surface area (TPSA) is 15.3 Å². The summed E-state index contributed by atoms with van der Waals surface area (Å²) < 4.78 is 0. The normalized spacial score (nSPS) is 21.4. The van der Waals surface area contributed by atoms with Gasteiger partial charge in [0.05, 0.1) is 0 Å². The molecule has 2 nitrogen and oxygen atoms in total. The number of aryl methyl sites for hydroxylation is 1. The van der Waals surface area contributed by atoms with Crippen LogP contribution in [-0.2, 0) is 13.1 Å². The Morgan fingerprint density at radius 1 is 1.50 bits per heavy atom. The Hall–Kier alpha value is -0.0300. The Morgan fingerprint density at radius 2 is 2.33 bits per heavy atom. The van der Waals surface area contributed by atoms with Gasteiger partial charge in [-0.05, 0) is 32.0 Å². The molecule has 1 aromatic rings. The van der Waals surface area contributed by atoms with Gasteiger partial charge >= 0.3 is 0 Å². The Morgan fingerprint density at radius 3 is 3.06 bits per heavy atom. The van der Waals surface area contributed by atoms with E-state index in [1.54, 1.807) is 0 Å². The maximum absolute atomic E-state index is 3.24. The van der Waals surface area contributed by atoms with Crippen molar-refractivity contribution in [2.75, 3.05) is 25.9 Å². The minimum atomic E-state index is 0.842. The summed E-state index contributed by atoms with van der Waals surface area (Å²) in [5, 5.41) is 4.08. The van der Waals surface area contributed by atoms with Crippen LogP contribution in [0.3, 0.4) is 0 Å². The number of rotatable bonds is 5. The molecule has 4 heteroatoms. The molecule has 1 aliphatic heterocycles. The summed E-state index contributed by atoms with van der Waals surface area (Å²) in [6.07, 6.45) is 1.30. The monoisotopic (exact) mass is 284 g/mol. The van der Waals surface area contributed by atoms with Crippen LogP contribution in [0.15, 0.2) is 6.07 Å². The predicted octanol–water partition coefficient (Wildman–Crippen LogP) is 3.10. The van der Waals surface area contributed by atoms with Gasteiger partial charge < -0.3 is 5.32 Å². The highest BCUT2D eigenvalue weighted by molar-refractivity contribution is 8.00. The summed E-state index contributed by atoms with van der Waals surface area (Å²) in [6.45, 7) is 9.22. The van der Waals surface area contributed by atoms with Crippen molar-refractivity contribution < 1.29 is 0 Å². The SMILES string of the molecule is CCC1CN(Cc2cc(CNC)sc2C)CCS1. The Kier molecular flexibility index (Phi) is 5.55. The Bertz CT molecular complexity index is 376. The molecule has 1 unspecified atom stereocenters. The zero-order valence-electron chi connectivity index (χ0n) is 11.7. The summed E-state index contributed by atoms with van der Waals surface area (Å²) in [7, 11) is 2.02. The van der Waals surface area contributed by atoms with Crippen molar-refractivity contribution in [3.63, 3.8) is 0 Å². The lowest BCUT2D eigenvalue weighted by Crippen LogP contribution is -2.37. The molecule has 0 spiro atoms. The first-order valence-corrected chi connectivity index (χ1v) is 8.66. The van der Waals surface area contributed by atoms with E-state index in [-0.39, 0.29) is 0 Å². The molecule has 0 aromatic carbocycles. The van der Waals surface area contributed by atoms with Gasteiger partial charge in [0.2, 0.25) is 0 Å². The fourth-order valence-electron chi connectivity index (χ4n) is 2.42. The number of hydrogen-bond acceptors (Lipinski definition) is 4. The van der Waals surface area contributed by atoms with Gasteiger partial charge in [0, 0.05) is 46.9 Å². The van der Waals surface area contributed by atoms with Gasteiger partial charge in [-0.15, -0.1) is 11.3 Å². The molecule has 0 saturated carbocycles. The molecule has 18 heavy (non-hydrogen) atoms. The summed E-state index contributed by atoms with van der Waals surface area (Å²) in [6, 6.07) is 2.39. The highest BCUT2D eigenvalue weighted by Crippen LogP contribution is 2.26. The molecule has 1 atom stereocenters. The van der Waals surface area contributed by atoms with E-state index in [2.05, 4.69) is 41.9 Å². The maximum atomic E-state index is 3.24. The predicted molar refractivity (Wildman–Crippen MR) is 83.6 cm³/mol. The molecule has 0 radical (unpaired) electrons. The van der Waals surface area contributed by atoms with Crippen molar-refractivity contribution >= 4 is 23.1 Å². The van der Waals surface area contributed by atoms with E-state index in [0.29, 0.717) is 0 Å². The summed E-state index contributed by atoms with van der Waals surface area (Å²) in [4.78, 5) is 5.58. The summed E-state index contributed by atoms with van der Waals surface area (Å²) in [5.41, 5.74) is 1.53. The lowest BCUT2D eigenvalue weighted by molar-refractivity contribution is 0.273. The van der Waals surface area contributed by atoms with E-state index in [4.69, 9.17) is 0 Å². The van der Waals surface area contributed by atoms with Crippen molar-refractivity contribution in [2.24, 2.45) is 0 Å². The van der Waals surface area contributed by atoms with E-state index in [0.717, 1.165) is 18.3 Å². The molecule has 1 aliphatic rings. The van der Waals surface area contributed by atoms with E-state index in [1.165, 1.54) is 40.6 Å². The molecule has 0 bridgehead atoms. The van der Waals surface area contributed by atoms with Crippen LogP contribution >= 0.6 is 23.1 Å². The van der Waals surface area contributed by atoms with Gasteiger partial charge in [-0.1, -0.05) is 6.92 Å². The van der Waals surface area contributed by atoms with Gasteiger partial charge in [0.1, 0.15) is 0 Å². The van der Waals surface area contributed by atoms with Crippen molar-refractivity contribution in [1.82, 2.24) is 10.2 Å². The zero-order chi connectivity index (χ0) is 13.0. The van der Waals surface area contributed by atoms with Crippen LogP contribution in [0.2, 0.25) is 0 Å². The molecule has 102 valence electrons. The van der Waals surface area contributed by atoms with Crippen LogP contribution in [0.5, 0.6) is 0 Å². The van der Waals surface area contributed by atoms with Crippen LogP contribution in [0.4, 0.5) is 0 Å². The minimum absolute atomic E-state index is 0.842. The van der Waals surface area contributed by atoms with Crippen LogP contribution in [-0.4, -0.2) is 36.0 Å². The largest absolute Gasteiger partial charge is 0.315 e. The summed E-state index contributed by atoms with van der Waals surface area (Å²) in [5.74, 6) is 1.30. The van der Waals surface area contributed by atoms with E-state index in [9.17, 15) is 0 Å². The molecule has 0 amide bonds. The number of nitrogens with one attached hydrogen (secondary N) is 1. The molecule has 2 heterocycles. The Balaban J connectivity index is 1.95. The molecule has 0 aliphatic carbocycles. The van der Waals surface area contributed by atoms with Gasteiger partial charge in [-0.3, -0.25) is 4.90 Å². The summed E-state index contributed by atoms with van der Waals surface area (Å²) >= 11 is 4.09. The fourth-order valence-corrected chi connectivity index (χ4v) is 4.73. The molecular weight excluding hydrogens is 260 g/mol. The first kappa shape index (κ1) is 14.4. The molecule has 1 N–H and O–H groups in total. The fraction of sp³-hybridized carbons (Fsp3) is 0.714. The second kappa shape index (κ2) is 6.94. The van der Waals surface area contributed by atoms with Crippen molar-refractivity contribution in [3.8, 4) is 0 Å². The van der Waals surface area contributed by atoms with Crippen molar-refractivity contribution in [1.29, 1.82) is 0 Å². The lowest BCUT2D eigenvalue weighted by Gasteiger charge is -2.31. The number of thioether (sulfide) groups is 1. The zero-order valence-corrected chi connectivity index (χ0v) is 13.3. The third-order valence-corrected chi connectivity index (χ3v) is 5.96. The molecular formula is C14H24N2S2. The van der Waals surface area contributed by atoms with Gasteiger partial charge in [-0.25, -0.2) is 0 Å². The number of nitrogens with zero attached hydrogens (tertiary/aromatic N) is 1. The molecule has 2 rings (SSSR count). The third-order valence-electron chi connectivity index (χ3n) is 3.49. The minimum Gasteiger partial charge on any atom is -0.315 e. The second-order valence-electron chi connectivity index (χ2n) is 4.96. The number of hydrogen-bond donors (Lipinski definition) is 1. The Labute approximate surface area is 119 Å². The lowest BCUT2D eigenvalue weighted by atomic mass is 10.2. The van der Waals surface area contributed by atoms with E-state index in [1.807, 2.05) is 18.4 Å². The van der Waals surface area contributed by atoms with Crippen molar-refractivity contribution in [2.45, 2.75) is 38.6 Å². The highest BCUT2D eigenvalue weighted by atomic mass is 32.2. The van der Waals surface area contributed by atoms with Crippen LogP contribution in [0, 0.1) is 6.92 Å². The van der Waals surface area contributed by atoms with Gasteiger partial charge in [-0.2, -0.15) is 11.8 Å². The second-order valence-corrected chi connectivity index (χ2v) is 7.71. The molecule has 1 fully saturated rings. The van der Waals surface area contributed by atoms with E-state index >= 15 is 0 Å². The third kappa shape index (κ3) is 3.73. The average Bonchev–Trinajstić information content (AvgIpc) is 2.70. The quantitative estimate of drug-likeness (QED) is 0.894. The van der Waals surface area contributed by atoms with Crippen LogP contribution < -0.4 is 5.32 Å². The maximum Gasteiger partial charge on any atom is 0.0296 e. The van der Waals surface area contributed by atoms with Gasteiger partial charge in [0.25, 0.3) is 0 Å².